The van der Waals surface area contributed by atoms with Gasteiger partial charge >= 0.3 is 5.97 Å². The van der Waals surface area contributed by atoms with Gasteiger partial charge in [-0.1, -0.05) is 19.6 Å². The van der Waals surface area contributed by atoms with E-state index in [-0.39, 0.29) is 5.97 Å². The number of aliphatic imine (C=N–C) groups is 1. The molecule has 0 spiro atoms. The van der Waals surface area contributed by atoms with E-state index in [9.17, 15) is 4.79 Å². The summed E-state index contributed by atoms with van der Waals surface area (Å²) >= 11 is 0. The summed E-state index contributed by atoms with van der Waals surface area (Å²) in [6, 6.07) is 0. The van der Waals surface area contributed by atoms with Crippen LogP contribution in [0.3, 0.4) is 0 Å². The van der Waals surface area contributed by atoms with Crippen molar-refractivity contribution in [1.29, 1.82) is 0 Å². The average molecular weight is 185 g/mol. The molecule has 1 aliphatic rings. The number of hydrogen-bond acceptors (Lipinski definition) is 3. The zero-order chi connectivity index (χ0) is 9.19. The third-order valence-corrected chi connectivity index (χ3v) is 2.61. The molecular weight excluding hydrogens is 170 g/mol. The first-order valence-corrected chi connectivity index (χ1v) is 7.92. The van der Waals surface area contributed by atoms with Crippen molar-refractivity contribution in [2.45, 2.75) is 32.5 Å². The third-order valence-electron chi connectivity index (χ3n) is 1.50. The highest BCUT2D eigenvalue weighted by Gasteiger charge is 2.20. The molecule has 0 aliphatic carbocycles. The minimum absolute atomic E-state index is 0.135. The second-order valence-electron chi connectivity index (χ2n) is 4.24. The summed E-state index contributed by atoms with van der Waals surface area (Å²) < 4.78 is 4.89. The Morgan fingerprint density at radius 2 is 2.08 bits per heavy atom. The van der Waals surface area contributed by atoms with Crippen LogP contribution in [-0.2, 0) is 9.53 Å². The van der Waals surface area contributed by atoms with Crippen LogP contribution >= 0.6 is 0 Å². The van der Waals surface area contributed by atoms with Crippen molar-refractivity contribution < 1.29 is 9.53 Å². The fourth-order valence-electron chi connectivity index (χ4n) is 0.879. The van der Waals surface area contributed by atoms with Gasteiger partial charge in [-0.15, -0.1) is 0 Å². The van der Waals surface area contributed by atoms with Crippen LogP contribution in [0.5, 0.6) is 0 Å². The van der Waals surface area contributed by atoms with Gasteiger partial charge in [0, 0.05) is 12.6 Å². The fourth-order valence-corrected chi connectivity index (χ4v) is 1.53. The maximum Gasteiger partial charge on any atom is 0.312 e. The topological polar surface area (TPSA) is 38.7 Å². The summed E-state index contributed by atoms with van der Waals surface area (Å²) in [7, 11) is -1.13. The lowest BCUT2D eigenvalue weighted by Gasteiger charge is -2.11. The van der Waals surface area contributed by atoms with E-state index in [0.717, 1.165) is 6.17 Å². The Hall–Kier alpha value is -0.643. The molecule has 0 aromatic carbocycles. The molecule has 1 rings (SSSR count). The molecule has 3 nitrogen and oxygen atoms in total. The molecule has 0 bridgehead atoms. The molecule has 1 fully saturated rings. The molecule has 0 aromatic rings. The van der Waals surface area contributed by atoms with Gasteiger partial charge in [-0.2, -0.15) is 0 Å². The number of rotatable bonds is 2. The number of esters is 1. The van der Waals surface area contributed by atoms with Crippen molar-refractivity contribution >= 4 is 19.9 Å². The molecular formula is C8H15NO2Si. The maximum atomic E-state index is 10.7. The number of cyclic esters (lactones) is 1. The van der Waals surface area contributed by atoms with E-state index >= 15 is 0 Å². The monoisotopic (exact) mass is 185 g/mol. The Labute approximate surface area is 73.8 Å². The van der Waals surface area contributed by atoms with Crippen LogP contribution in [-0.4, -0.2) is 26.1 Å². The van der Waals surface area contributed by atoms with Crippen molar-refractivity contribution in [3.63, 3.8) is 0 Å². The van der Waals surface area contributed by atoms with Crippen molar-refractivity contribution in [3.05, 3.63) is 0 Å². The Kier molecular flexibility index (Phi) is 2.67. The highest BCUT2D eigenvalue weighted by molar-refractivity contribution is 6.76. The van der Waals surface area contributed by atoms with Crippen molar-refractivity contribution in [1.82, 2.24) is 0 Å². The van der Waals surface area contributed by atoms with Crippen LogP contribution in [0.1, 0.15) is 12.8 Å². The number of carbonyl (C=O) groups excluding carboxylic acids is 1. The van der Waals surface area contributed by atoms with Crippen LogP contribution in [0.2, 0.25) is 19.6 Å². The largest absolute Gasteiger partial charge is 0.412 e. The zero-order valence-electron chi connectivity index (χ0n) is 7.89. The average Bonchev–Trinajstić information content (AvgIpc) is 2.30. The standard InChI is InChI=1S/C8H15NO2Si/c1-12(2,3)6-9-7-4-5-8(10)11-7/h4-6H2,1-3H3/b9-7-. The maximum absolute atomic E-state index is 10.7. The normalized spacial score (nSPS) is 21.6. The molecule has 68 valence electrons. The van der Waals surface area contributed by atoms with Crippen molar-refractivity contribution in [2.24, 2.45) is 4.99 Å². The first kappa shape index (κ1) is 9.44. The van der Waals surface area contributed by atoms with E-state index in [1.165, 1.54) is 0 Å². The van der Waals surface area contributed by atoms with Gasteiger partial charge in [0.2, 0.25) is 0 Å². The van der Waals surface area contributed by atoms with E-state index in [1.807, 2.05) is 0 Å². The van der Waals surface area contributed by atoms with Gasteiger partial charge in [-0.3, -0.25) is 9.79 Å². The second kappa shape index (κ2) is 3.39. The van der Waals surface area contributed by atoms with E-state index < -0.39 is 8.07 Å². The summed E-state index contributed by atoms with van der Waals surface area (Å²) in [5.41, 5.74) is 0. The van der Waals surface area contributed by atoms with Gasteiger partial charge in [-0.05, 0) is 0 Å². The van der Waals surface area contributed by atoms with Gasteiger partial charge < -0.3 is 4.74 Å². The minimum atomic E-state index is -1.13. The van der Waals surface area contributed by atoms with Crippen LogP contribution in [0.15, 0.2) is 4.99 Å². The predicted octanol–water partition coefficient (Wildman–Crippen LogP) is 1.60. The van der Waals surface area contributed by atoms with Gasteiger partial charge in [0.05, 0.1) is 14.5 Å². The van der Waals surface area contributed by atoms with E-state index in [2.05, 4.69) is 24.6 Å². The zero-order valence-corrected chi connectivity index (χ0v) is 8.89. The van der Waals surface area contributed by atoms with Crippen LogP contribution < -0.4 is 0 Å². The molecule has 4 heteroatoms. The molecule has 1 heterocycles. The van der Waals surface area contributed by atoms with Crippen LogP contribution in [0.25, 0.3) is 0 Å². The van der Waals surface area contributed by atoms with Crippen LogP contribution in [0.4, 0.5) is 0 Å². The highest BCUT2D eigenvalue weighted by Crippen LogP contribution is 2.09. The lowest BCUT2D eigenvalue weighted by atomic mass is 10.4. The number of nitrogens with zero attached hydrogens (tertiary/aromatic N) is 1. The molecule has 0 aromatic heterocycles. The molecule has 0 amide bonds. The van der Waals surface area contributed by atoms with Crippen molar-refractivity contribution in [2.75, 3.05) is 6.17 Å². The summed E-state index contributed by atoms with van der Waals surface area (Å²) in [6.07, 6.45) is 2.06. The van der Waals surface area contributed by atoms with Gasteiger partial charge in [-0.25, -0.2) is 0 Å². The van der Waals surface area contributed by atoms with Gasteiger partial charge in [0.15, 0.2) is 5.90 Å². The molecule has 12 heavy (non-hydrogen) atoms. The minimum Gasteiger partial charge on any atom is -0.412 e. The Bertz CT molecular complexity index is 218. The third kappa shape index (κ3) is 3.17. The van der Waals surface area contributed by atoms with E-state index in [0.29, 0.717) is 18.7 Å². The number of hydrogen-bond donors (Lipinski definition) is 0. The first-order chi connectivity index (χ1) is 5.47. The quantitative estimate of drug-likeness (QED) is 0.484. The number of carbonyl (C=O) groups is 1. The first-order valence-electron chi connectivity index (χ1n) is 4.21. The molecule has 0 atom stereocenters. The van der Waals surface area contributed by atoms with Crippen LogP contribution in [0, 0.1) is 0 Å². The SMILES string of the molecule is C[Si](C)(C)C/N=C1/CCC(=O)O1. The highest BCUT2D eigenvalue weighted by atomic mass is 28.3. The Balaban J connectivity index is 2.43. The van der Waals surface area contributed by atoms with Gasteiger partial charge in [0.1, 0.15) is 0 Å². The lowest BCUT2D eigenvalue weighted by molar-refractivity contribution is -0.133. The van der Waals surface area contributed by atoms with E-state index in [4.69, 9.17) is 4.74 Å². The fraction of sp³-hybridized carbons (Fsp3) is 0.750. The molecule has 0 radical (unpaired) electrons. The second-order valence-corrected chi connectivity index (χ2v) is 9.68. The molecule has 0 saturated carbocycles. The predicted molar refractivity (Wildman–Crippen MR) is 51.0 cm³/mol. The lowest BCUT2D eigenvalue weighted by Crippen LogP contribution is -2.25. The molecule has 1 saturated heterocycles. The smallest absolute Gasteiger partial charge is 0.312 e. The summed E-state index contributed by atoms with van der Waals surface area (Å²) in [6.45, 7) is 6.73. The molecule has 0 unspecified atom stereocenters. The summed E-state index contributed by atoms with van der Waals surface area (Å²) in [5, 5.41) is 0. The van der Waals surface area contributed by atoms with Crippen molar-refractivity contribution in [3.8, 4) is 0 Å². The summed E-state index contributed by atoms with van der Waals surface area (Å²) in [5.74, 6) is 0.506. The van der Waals surface area contributed by atoms with Gasteiger partial charge in [0.25, 0.3) is 0 Å². The van der Waals surface area contributed by atoms with E-state index in [1.54, 1.807) is 0 Å². The Morgan fingerprint density at radius 3 is 2.50 bits per heavy atom. The summed E-state index contributed by atoms with van der Waals surface area (Å²) in [4.78, 5) is 15.0. The Morgan fingerprint density at radius 1 is 1.42 bits per heavy atom. The molecule has 0 N–H and O–H groups in total. The number of ether oxygens (including phenoxy) is 1. The molecule has 1 aliphatic heterocycles.